The van der Waals surface area contributed by atoms with Crippen LogP contribution in [0, 0.1) is 6.92 Å². The lowest BCUT2D eigenvalue weighted by molar-refractivity contribution is -0.138. The molecule has 0 spiro atoms. The molecule has 172 valence electrons. The van der Waals surface area contributed by atoms with Gasteiger partial charge in [0.2, 0.25) is 5.91 Å². The average molecular weight is 450 g/mol. The van der Waals surface area contributed by atoms with Crippen LogP contribution in [0.1, 0.15) is 25.0 Å². The Morgan fingerprint density at radius 1 is 1.00 bits per heavy atom. The Hall–Kier alpha value is -4.01. The van der Waals surface area contributed by atoms with Crippen molar-refractivity contribution in [3.05, 3.63) is 59.7 Å². The second-order valence-electron chi connectivity index (χ2n) is 7.92. The topological polar surface area (TPSA) is 116 Å². The number of rotatable bonds is 8. The zero-order valence-electron chi connectivity index (χ0n) is 18.8. The van der Waals surface area contributed by atoms with Crippen LogP contribution >= 0.6 is 0 Å². The summed E-state index contributed by atoms with van der Waals surface area (Å²) in [6, 6.07) is 12.2. The summed E-state index contributed by atoms with van der Waals surface area (Å²) in [5.41, 5.74) is 2.51. The Kier molecular flexibility index (Phi) is 7.22. The van der Waals surface area contributed by atoms with Crippen LogP contribution in [-0.4, -0.2) is 58.5 Å². The number of carbonyl (C=O) groups excluding carboxylic acids is 5. The highest BCUT2D eigenvalue weighted by Gasteiger charge is 2.45. The van der Waals surface area contributed by atoms with Crippen molar-refractivity contribution in [2.75, 3.05) is 23.7 Å². The molecule has 0 saturated carbocycles. The molecule has 9 heteroatoms. The molecule has 1 saturated heterocycles. The number of urea groups is 1. The molecule has 1 heterocycles. The first kappa shape index (κ1) is 23.6. The molecule has 0 radical (unpaired) electrons. The minimum absolute atomic E-state index is 0.195. The normalized spacial score (nSPS) is 14.3. The Labute approximate surface area is 191 Å². The van der Waals surface area contributed by atoms with Crippen molar-refractivity contribution in [2.24, 2.45) is 0 Å². The van der Waals surface area contributed by atoms with Gasteiger partial charge in [-0.3, -0.25) is 19.2 Å². The number of anilines is 2. The molecule has 3 rings (SSSR count). The minimum Gasteiger partial charge on any atom is -0.326 e. The van der Waals surface area contributed by atoms with Crippen LogP contribution in [0.3, 0.4) is 0 Å². The van der Waals surface area contributed by atoms with Crippen molar-refractivity contribution >= 4 is 40.9 Å². The zero-order chi connectivity index (χ0) is 24.1. The van der Waals surface area contributed by atoms with E-state index in [9.17, 15) is 24.0 Å². The van der Waals surface area contributed by atoms with Crippen LogP contribution in [-0.2, 0) is 25.6 Å². The van der Waals surface area contributed by atoms with Gasteiger partial charge in [0, 0.05) is 24.8 Å². The molecule has 2 aromatic rings. The van der Waals surface area contributed by atoms with E-state index >= 15 is 0 Å². The largest absolute Gasteiger partial charge is 0.328 e. The lowest BCUT2D eigenvalue weighted by Crippen LogP contribution is -2.51. The van der Waals surface area contributed by atoms with Gasteiger partial charge in [-0.2, -0.15) is 0 Å². The van der Waals surface area contributed by atoms with E-state index in [1.165, 1.54) is 11.8 Å². The lowest BCUT2D eigenvalue weighted by Gasteiger charge is -2.24. The number of nitrogens with one attached hydrogen (secondary N) is 2. The van der Waals surface area contributed by atoms with Crippen molar-refractivity contribution < 1.29 is 24.0 Å². The number of imide groups is 1. The van der Waals surface area contributed by atoms with E-state index < -0.39 is 29.7 Å². The van der Waals surface area contributed by atoms with Crippen LogP contribution in [0.25, 0.3) is 0 Å². The highest BCUT2D eigenvalue weighted by atomic mass is 16.2. The third kappa shape index (κ3) is 5.62. The fourth-order valence-electron chi connectivity index (χ4n) is 3.63. The van der Waals surface area contributed by atoms with E-state index in [0.717, 1.165) is 17.4 Å². The number of carbonyl (C=O) groups is 5. The van der Waals surface area contributed by atoms with Crippen molar-refractivity contribution in [2.45, 2.75) is 33.2 Å². The summed E-state index contributed by atoms with van der Waals surface area (Å²) in [5, 5.41) is 5.24. The molecule has 2 aromatic carbocycles. The van der Waals surface area contributed by atoms with E-state index in [0.29, 0.717) is 23.4 Å². The standard InChI is InChI=1S/C24H26N4O5/c1-15-9-10-19(25-17(3)30)13-20(15)26-23(32)22(16(2)29)28-21(31)14-27(24(28)33)12-11-18-7-5-4-6-8-18/h4-10,13,22H,11-12,14H2,1-3H3,(H,25,30)(H,26,32). The van der Waals surface area contributed by atoms with E-state index in [-0.39, 0.29) is 19.0 Å². The molecule has 0 bridgehead atoms. The summed E-state index contributed by atoms with van der Waals surface area (Å²) >= 11 is 0. The molecular weight excluding hydrogens is 424 g/mol. The van der Waals surface area contributed by atoms with Gasteiger partial charge in [0.05, 0.1) is 0 Å². The van der Waals surface area contributed by atoms with E-state index in [1.54, 1.807) is 25.1 Å². The van der Waals surface area contributed by atoms with Crippen LogP contribution < -0.4 is 10.6 Å². The van der Waals surface area contributed by atoms with Gasteiger partial charge in [0.1, 0.15) is 6.54 Å². The molecule has 33 heavy (non-hydrogen) atoms. The van der Waals surface area contributed by atoms with Gasteiger partial charge in [-0.1, -0.05) is 36.4 Å². The number of hydrogen-bond acceptors (Lipinski definition) is 5. The van der Waals surface area contributed by atoms with Gasteiger partial charge < -0.3 is 15.5 Å². The second-order valence-corrected chi connectivity index (χ2v) is 7.92. The third-order valence-electron chi connectivity index (χ3n) is 5.29. The summed E-state index contributed by atoms with van der Waals surface area (Å²) in [6.07, 6.45) is 0.541. The van der Waals surface area contributed by atoms with Crippen molar-refractivity contribution in [1.29, 1.82) is 0 Å². The lowest BCUT2D eigenvalue weighted by atomic mass is 10.1. The Bertz CT molecular complexity index is 1100. The predicted octanol–water partition coefficient (Wildman–Crippen LogP) is 2.36. The molecule has 9 nitrogen and oxygen atoms in total. The first-order chi connectivity index (χ1) is 15.7. The maximum atomic E-state index is 13.0. The van der Waals surface area contributed by atoms with Gasteiger partial charge in [-0.05, 0) is 43.5 Å². The molecule has 0 aliphatic carbocycles. The predicted molar refractivity (Wildman–Crippen MR) is 123 cm³/mol. The van der Waals surface area contributed by atoms with Crippen LogP contribution in [0.5, 0.6) is 0 Å². The van der Waals surface area contributed by atoms with Gasteiger partial charge in [0.25, 0.3) is 11.8 Å². The van der Waals surface area contributed by atoms with E-state index in [2.05, 4.69) is 10.6 Å². The van der Waals surface area contributed by atoms with Gasteiger partial charge >= 0.3 is 6.03 Å². The number of ketones is 1. The molecule has 1 unspecified atom stereocenters. The maximum Gasteiger partial charge on any atom is 0.328 e. The first-order valence-corrected chi connectivity index (χ1v) is 10.5. The molecule has 5 amide bonds. The monoisotopic (exact) mass is 450 g/mol. The highest BCUT2D eigenvalue weighted by Crippen LogP contribution is 2.22. The average Bonchev–Trinajstić information content (AvgIpc) is 3.03. The van der Waals surface area contributed by atoms with Crippen molar-refractivity contribution in [3.8, 4) is 0 Å². The Morgan fingerprint density at radius 3 is 2.33 bits per heavy atom. The molecule has 0 aromatic heterocycles. The SMILES string of the molecule is CC(=O)Nc1ccc(C)c(NC(=O)C(C(C)=O)N2C(=O)CN(CCc3ccccc3)C2=O)c1. The second kappa shape index (κ2) is 10.1. The summed E-state index contributed by atoms with van der Waals surface area (Å²) in [4.78, 5) is 64.3. The quantitative estimate of drug-likeness (QED) is 0.473. The van der Waals surface area contributed by atoms with Gasteiger partial charge in [-0.25, -0.2) is 9.69 Å². The van der Waals surface area contributed by atoms with Crippen LogP contribution in [0.4, 0.5) is 16.2 Å². The molecule has 1 fully saturated rings. The number of nitrogens with zero attached hydrogens (tertiary/aromatic N) is 2. The number of amides is 5. The van der Waals surface area contributed by atoms with E-state index in [4.69, 9.17) is 0 Å². The number of Topliss-reactive ketones (excluding diaryl/α,β-unsaturated/α-hetero) is 1. The summed E-state index contributed by atoms with van der Waals surface area (Å²) in [7, 11) is 0. The molecule has 1 atom stereocenters. The Balaban J connectivity index is 1.76. The molecule has 1 aliphatic rings. The molecule has 1 aliphatic heterocycles. The molecule has 2 N–H and O–H groups in total. The van der Waals surface area contributed by atoms with Crippen molar-refractivity contribution in [3.63, 3.8) is 0 Å². The zero-order valence-corrected chi connectivity index (χ0v) is 18.8. The smallest absolute Gasteiger partial charge is 0.326 e. The first-order valence-electron chi connectivity index (χ1n) is 10.5. The fraction of sp³-hybridized carbons (Fsp3) is 0.292. The van der Waals surface area contributed by atoms with Gasteiger partial charge in [0.15, 0.2) is 11.8 Å². The highest BCUT2D eigenvalue weighted by molar-refractivity contribution is 6.17. The van der Waals surface area contributed by atoms with Gasteiger partial charge in [-0.15, -0.1) is 0 Å². The summed E-state index contributed by atoms with van der Waals surface area (Å²) in [5.74, 6) is -2.30. The van der Waals surface area contributed by atoms with Crippen LogP contribution in [0.15, 0.2) is 48.5 Å². The maximum absolute atomic E-state index is 13.0. The fourth-order valence-corrected chi connectivity index (χ4v) is 3.63. The van der Waals surface area contributed by atoms with Crippen molar-refractivity contribution in [1.82, 2.24) is 9.80 Å². The molecular formula is C24H26N4O5. The third-order valence-corrected chi connectivity index (χ3v) is 5.29. The summed E-state index contributed by atoms with van der Waals surface area (Å²) in [6.45, 7) is 4.36. The van der Waals surface area contributed by atoms with E-state index in [1.807, 2.05) is 30.3 Å². The Morgan fingerprint density at radius 2 is 1.70 bits per heavy atom. The number of benzene rings is 2. The number of aryl methyl sites for hydroxylation is 1. The summed E-state index contributed by atoms with van der Waals surface area (Å²) < 4.78 is 0. The minimum atomic E-state index is -1.59. The number of hydrogen-bond donors (Lipinski definition) is 2. The van der Waals surface area contributed by atoms with Crippen LogP contribution in [0.2, 0.25) is 0 Å².